The molecule has 0 bridgehead atoms. The van der Waals surface area contributed by atoms with E-state index in [-0.39, 0.29) is 17.1 Å². The van der Waals surface area contributed by atoms with Gasteiger partial charge in [0, 0.05) is 12.6 Å². The van der Waals surface area contributed by atoms with Gasteiger partial charge in [0.1, 0.15) is 29.2 Å². The van der Waals surface area contributed by atoms with E-state index < -0.39 is 16.4 Å². The summed E-state index contributed by atoms with van der Waals surface area (Å²) in [5, 5.41) is 29.4. The van der Waals surface area contributed by atoms with Crippen molar-refractivity contribution >= 4 is 17.5 Å². The number of pyridine rings is 1. The number of carboxylic acid groups (broad SMARTS) is 1. The molecule has 0 amide bonds. The molecule has 1 aromatic heterocycles. The van der Waals surface area contributed by atoms with Gasteiger partial charge in [-0.25, -0.2) is 9.78 Å². The van der Waals surface area contributed by atoms with Crippen molar-refractivity contribution in [3.8, 4) is 6.07 Å². The summed E-state index contributed by atoms with van der Waals surface area (Å²) < 4.78 is 0. The fourth-order valence-electron chi connectivity index (χ4n) is 2.53. The van der Waals surface area contributed by atoms with Gasteiger partial charge in [0.05, 0.1) is 4.92 Å². The highest BCUT2D eigenvalue weighted by Crippen LogP contribution is 2.34. The van der Waals surface area contributed by atoms with Crippen LogP contribution in [-0.2, 0) is 4.79 Å². The van der Waals surface area contributed by atoms with Crippen molar-refractivity contribution in [3.63, 3.8) is 0 Å². The largest absolute Gasteiger partial charge is 0.480 e. The summed E-state index contributed by atoms with van der Waals surface area (Å²) in [7, 11) is 0. The second kappa shape index (κ2) is 5.36. The Labute approximate surface area is 120 Å². The zero-order valence-corrected chi connectivity index (χ0v) is 11.4. The van der Waals surface area contributed by atoms with Crippen LogP contribution in [0.1, 0.15) is 31.7 Å². The summed E-state index contributed by atoms with van der Waals surface area (Å²) in [6.45, 7) is 2.03. The van der Waals surface area contributed by atoms with Gasteiger partial charge >= 0.3 is 5.97 Å². The predicted octanol–water partition coefficient (Wildman–Crippen LogP) is 1.70. The maximum atomic E-state index is 11.6. The minimum absolute atomic E-state index is 0.0126. The van der Waals surface area contributed by atoms with Gasteiger partial charge < -0.3 is 10.0 Å². The molecule has 0 aromatic carbocycles. The topological polar surface area (TPSA) is 120 Å². The van der Waals surface area contributed by atoms with Gasteiger partial charge in [0.2, 0.25) is 0 Å². The number of piperidine rings is 1. The average Bonchev–Trinajstić information content (AvgIpc) is 2.47. The van der Waals surface area contributed by atoms with Gasteiger partial charge in [0.15, 0.2) is 0 Å². The van der Waals surface area contributed by atoms with Crippen LogP contribution >= 0.6 is 0 Å². The van der Waals surface area contributed by atoms with Crippen molar-refractivity contribution in [2.75, 3.05) is 11.4 Å². The Hall–Kier alpha value is -2.69. The minimum atomic E-state index is -1.16. The Kier molecular flexibility index (Phi) is 3.76. The van der Waals surface area contributed by atoms with E-state index in [0.29, 0.717) is 13.0 Å². The Bertz CT molecular complexity index is 640. The van der Waals surface area contributed by atoms with Crippen LogP contribution in [0.5, 0.6) is 0 Å². The molecule has 1 aliphatic heterocycles. The van der Waals surface area contributed by atoms with Crippen LogP contribution in [0.3, 0.4) is 0 Å². The van der Waals surface area contributed by atoms with Crippen molar-refractivity contribution in [3.05, 3.63) is 27.9 Å². The summed E-state index contributed by atoms with van der Waals surface area (Å²) in [5.41, 5.74) is -1.43. The van der Waals surface area contributed by atoms with Crippen LogP contribution in [0.4, 0.5) is 11.5 Å². The van der Waals surface area contributed by atoms with E-state index in [1.165, 1.54) is 0 Å². The maximum Gasteiger partial charge on any atom is 0.329 e. The molecule has 8 heteroatoms. The highest BCUT2D eigenvalue weighted by atomic mass is 16.6. The molecule has 0 aliphatic carbocycles. The lowest BCUT2D eigenvalue weighted by atomic mass is 9.88. The first-order valence-corrected chi connectivity index (χ1v) is 6.45. The average molecular weight is 290 g/mol. The summed E-state index contributed by atoms with van der Waals surface area (Å²) in [4.78, 5) is 27.2. The van der Waals surface area contributed by atoms with Gasteiger partial charge in [-0.15, -0.1) is 0 Å². The van der Waals surface area contributed by atoms with E-state index in [9.17, 15) is 25.3 Å². The molecule has 8 nitrogen and oxygen atoms in total. The summed E-state index contributed by atoms with van der Waals surface area (Å²) in [5.74, 6) is -0.807. The molecule has 1 atom stereocenters. The monoisotopic (exact) mass is 290 g/mol. The second-order valence-corrected chi connectivity index (χ2v) is 5.12. The molecule has 1 N–H and O–H groups in total. The van der Waals surface area contributed by atoms with Crippen molar-refractivity contribution in [2.45, 2.75) is 31.7 Å². The Morgan fingerprint density at radius 1 is 1.62 bits per heavy atom. The van der Waals surface area contributed by atoms with Crippen LogP contribution in [0.15, 0.2) is 12.3 Å². The van der Waals surface area contributed by atoms with Gasteiger partial charge in [-0.2, -0.15) is 5.26 Å². The van der Waals surface area contributed by atoms with Crippen LogP contribution in [0.2, 0.25) is 0 Å². The molecule has 2 rings (SSSR count). The molecule has 0 radical (unpaired) electrons. The molecule has 1 saturated heterocycles. The molecule has 0 saturated carbocycles. The standard InChI is InChI=1S/C13H14N4O4/c1-13(12(18)19)4-2-3-5-16(13)11-9(7-14)6-10(8-15-11)17(20)21/h6,8H,2-5H2,1H3,(H,18,19). The number of carbonyl (C=O) groups is 1. The lowest BCUT2D eigenvalue weighted by Gasteiger charge is -2.42. The van der Waals surface area contributed by atoms with E-state index in [4.69, 9.17) is 0 Å². The summed E-state index contributed by atoms with van der Waals surface area (Å²) >= 11 is 0. The lowest BCUT2D eigenvalue weighted by Crippen LogP contribution is -2.56. The Morgan fingerprint density at radius 3 is 2.90 bits per heavy atom. The third-order valence-electron chi connectivity index (χ3n) is 3.79. The second-order valence-electron chi connectivity index (χ2n) is 5.12. The van der Waals surface area contributed by atoms with Crippen LogP contribution in [-0.4, -0.2) is 33.1 Å². The molecular weight excluding hydrogens is 276 g/mol. The van der Waals surface area contributed by atoms with Gasteiger partial charge in [-0.3, -0.25) is 10.1 Å². The van der Waals surface area contributed by atoms with Gasteiger partial charge in [-0.05, 0) is 26.2 Å². The first-order valence-electron chi connectivity index (χ1n) is 6.45. The lowest BCUT2D eigenvalue weighted by molar-refractivity contribution is -0.385. The maximum absolute atomic E-state index is 11.6. The highest BCUT2D eigenvalue weighted by molar-refractivity contribution is 5.83. The van der Waals surface area contributed by atoms with Crippen molar-refractivity contribution in [1.29, 1.82) is 5.26 Å². The predicted molar refractivity (Wildman–Crippen MR) is 72.8 cm³/mol. The van der Waals surface area contributed by atoms with Crippen LogP contribution in [0.25, 0.3) is 0 Å². The fourth-order valence-corrected chi connectivity index (χ4v) is 2.53. The van der Waals surface area contributed by atoms with Crippen molar-refractivity contribution < 1.29 is 14.8 Å². The number of aromatic nitrogens is 1. The zero-order chi connectivity index (χ0) is 15.6. The first-order chi connectivity index (χ1) is 9.90. The number of aliphatic carboxylic acids is 1. The van der Waals surface area contributed by atoms with Crippen LogP contribution in [0, 0.1) is 21.4 Å². The van der Waals surface area contributed by atoms with E-state index >= 15 is 0 Å². The number of anilines is 1. The molecule has 0 spiro atoms. The number of carboxylic acids is 1. The molecule has 1 fully saturated rings. The highest BCUT2D eigenvalue weighted by Gasteiger charge is 2.43. The third-order valence-corrected chi connectivity index (χ3v) is 3.79. The van der Waals surface area contributed by atoms with E-state index in [1.807, 2.05) is 6.07 Å². The normalized spacial score (nSPS) is 21.6. The molecule has 1 unspecified atom stereocenters. The molecular formula is C13H14N4O4. The molecule has 1 aliphatic rings. The van der Waals surface area contributed by atoms with Gasteiger partial charge in [-0.1, -0.05) is 0 Å². The number of hydrogen-bond acceptors (Lipinski definition) is 6. The van der Waals surface area contributed by atoms with Crippen LogP contribution < -0.4 is 4.90 Å². The number of rotatable bonds is 3. The molecule has 110 valence electrons. The molecule has 1 aromatic rings. The number of nitriles is 1. The smallest absolute Gasteiger partial charge is 0.329 e. The quantitative estimate of drug-likeness (QED) is 0.664. The number of nitrogens with zero attached hydrogens (tertiary/aromatic N) is 4. The Morgan fingerprint density at radius 2 is 2.33 bits per heavy atom. The summed E-state index contributed by atoms with van der Waals surface area (Å²) in [6.07, 6.45) is 3.04. The SMILES string of the molecule is CC1(C(=O)O)CCCCN1c1ncc([N+](=O)[O-])cc1C#N. The van der Waals surface area contributed by atoms with Crippen molar-refractivity contribution in [1.82, 2.24) is 4.98 Å². The zero-order valence-electron chi connectivity index (χ0n) is 11.4. The molecule has 2 heterocycles. The fraction of sp³-hybridized carbons (Fsp3) is 0.462. The number of hydrogen-bond donors (Lipinski definition) is 1. The van der Waals surface area contributed by atoms with E-state index in [0.717, 1.165) is 25.1 Å². The number of nitro groups is 1. The van der Waals surface area contributed by atoms with E-state index in [2.05, 4.69) is 4.98 Å². The van der Waals surface area contributed by atoms with Gasteiger partial charge in [0.25, 0.3) is 5.69 Å². The van der Waals surface area contributed by atoms with E-state index in [1.54, 1.807) is 11.8 Å². The summed E-state index contributed by atoms with van der Waals surface area (Å²) in [6, 6.07) is 2.99. The van der Waals surface area contributed by atoms with Crippen molar-refractivity contribution in [2.24, 2.45) is 0 Å². The Balaban J connectivity index is 2.51. The minimum Gasteiger partial charge on any atom is -0.480 e. The molecule has 21 heavy (non-hydrogen) atoms. The first kappa shape index (κ1) is 14.7. The third kappa shape index (κ3) is 2.50.